The van der Waals surface area contributed by atoms with E-state index >= 15 is 0 Å². The summed E-state index contributed by atoms with van der Waals surface area (Å²) < 4.78 is 4.96. The molecule has 1 aliphatic carbocycles. The fourth-order valence-corrected chi connectivity index (χ4v) is 1.68. The van der Waals surface area contributed by atoms with Gasteiger partial charge in [0.1, 0.15) is 0 Å². The molecule has 3 nitrogen and oxygen atoms in total. The molecule has 3 heteroatoms. The average Bonchev–Trinajstić information content (AvgIpc) is 2.99. The molecule has 1 heterocycles. The molecule has 0 radical (unpaired) electrons. The summed E-state index contributed by atoms with van der Waals surface area (Å²) in [5.41, 5.74) is 1.19. The molecule has 1 aromatic rings. The Hall–Kier alpha value is -1.38. The molecule has 0 saturated heterocycles. The van der Waals surface area contributed by atoms with Crippen LogP contribution in [-0.2, 0) is 9.53 Å². The zero-order chi connectivity index (χ0) is 9.97. The summed E-state index contributed by atoms with van der Waals surface area (Å²) in [6.45, 7) is 2.31. The van der Waals surface area contributed by atoms with E-state index in [1.165, 1.54) is 5.56 Å². The van der Waals surface area contributed by atoms with Gasteiger partial charge in [-0.1, -0.05) is 0 Å². The van der Waals surface area contributed by atoms with Gasteiger partial charge in [-0.2, -0.15) is 0 Å². The number of esters is 1. The summed E-state index contributed by atoms with van der Waals surface area (Å²) in [5.74, 6) is 0.378. The van der Waals surface area contributed by atoms with Crippen LogP contribution in [0.4, 0.5) is 0 Å². The van der Waals surface area contributed by atoms with Crippen molar-refractivity contribution < 1.29 is 9.53 Å². The van der Waals surface area contributed by atoms with Gasteiger partial charge < -0.3 is 4.74 Å². The van der Waals surface area contributed by atoms with Crippen molar-refractivity contribution in [3.05, 3.63) is 30.1 Å². The van der Waals surface area contributed by atoms with E-state index in [0.717, 1.165) is 6.42 Å². The summed E-state index contributed by atoms with van der Waals surface area (Å²) in [6.07, 6.45) is 4.44. The highest BCUT2D eigenvalue weighted by atomic mass is 16.5. The van der Waals surface area contributed by atoms with Crippen LogP contribution in [0.15, 0.2) is 24.5 Å². The van der Waals surface area contributed by atoms with Crippen molar-refractivity contribution in [2.75, 3.05) is 6.61 Å². The standard InChI is InChI=1S/C11H13NO2/c1-2-14-11(13)10-7-9(10)8-3-5-12-6-4-8/h3-6,9-10H,2,7H2,1H3/t9-,10-/m1/s1. The Morgan fingerprint density at radius 2 is 2.29 bits per heavy atom. The molecule has 0 aromatic carbocycles. The fraction of sp³-hybridized carbons (Fsp3) is 0.455. The van der Waals surface area contributed by atoms with Gasteiger partial charge in [0.05, 0.1) is 12.5 Å². The van der Waals surface area contributed by atoms with Crippen LogP contribution in [-0.4, -0.2) is 17.6 Å². The average molecular weight is 191 g/mol. The Labute approximate surface area is 83.1 Å². The van der Waals surface area contributed by atoms with E-state index in [0.29, 0.717) is 12.5 Å². The predicted molar refractivity (Wildman–Crippen MR) is 51.7 cm³/mol. The van der Waals surface area contributed by atoms with Gasteiger partial charge >= 0.3 is 5.97 Å². The number of hydrogen-bond acceptors (Lipinski definition) is 3. The maximum absolute atomic E-state index is 11.4. The van der Waals surface area contributed by atoms with Crippen molar-refractivity contribution in [2.24, 2.45) is 5.92 Å². The van der Waals surface area contributed by atoms with Gasteiger partial charge in [0.15, 0.2) is 0 Å². The van der Waals surface area contributed by atoms with E-state index in [4.69, 9.17) is 4.74 Å². The molecule has 2 atom stereocenters. The number of aromatic nitrogens is 1. The first-order valence-electron chi connectivity index (χ1n) is 4.89. The fourth-order valence-electron chi connectivity index (χ4n) is 1.68. The third-order valence-corrected chi connectivity index (χ3v) is 2.51. The maximum atomic E-state index is 11.4. The molecule has 0 N–H and O–H groups in total. The SMILES string of the molecule is CCOC(=O)[C@@H]1C[C@@H]1c1ccncc1. The van der Waals surface area contributed by atoms with Crippen molar-refractivity contribution >= 4 is 5.97 Å². The molecule has 14 heavy (non-hydrogen) atoms. The number of nitrogens with zero attached hydrogens (tertiary/aromatic N) is 1. The molecule has 1 aliphatic rings. The van der Waals surface area contributed by atoms with E-state index in [1.54, 1.807) is 12.4 Å². The quantitative estimate of drug-likeness (QED) is 0.683. The number of carbonyl (C=O) groups is 1. The number of hydrogen-bond donors (Lipinski definition) is 0. The topological polar surface area (TPSA) is 39.2 Å². The van der Waals surface area contributed by atoms with E-state index in [2.05, 4.69) is 4.98 Å². The summed E-state index contributed by atoms with van der Waals surface area (Å²) in [7, 11) is 0. The third-order valence-electron chi connectivity index (χ3n) is 2.51. The zero-order valence-corrected chi connectivity index (χ0v) is 8.14. The lowest BCUT2D eigenvalue weighted by Gasteiger charge is -2.00. The minimum Gasteiger partial charge on any atom is -0.466 e. The van der Waals surface area contributed by atoms with Crippen LogP contribution in [0, 0.1) is 5.92 Å². The van der Waals surface area contributed by atoms with Crippen LogP contribution >= 0.6 is 0 Å². The molecule has 2 rings (SSSR count). The molecule has 0 unspecified atom stereocenters. The van der Waals surface area contributed by atoms with Crippen molar-refractivity contribution in [1.29, 1.82) is 0 Å². The van der Waals surface area contributed by atoms with Gasteiger partial charge in [-0.15, -0.1) is 0 Å². The first-order valence-corrected chi connectivity index (χ1v) is 4.89. The van der Waals surface area contributed by atoms with Crippen molar-refractivity contribution in [2.45, 2.75) is 19.3 Å². The van der Waals surface area contributed by atoms with Crippen LogP contribution in [0.3, 0.4) is 0 Å². The summed E-state index contributed by atoms with van der Waals surface area (Å²) in [6, 6.07) is 3.92. The van der Waals surface area contributed by atoms with Crippen LogP contribution in [0.25, 0.3) is 0 Å². The second-order valence-corrected chi connectivity index (χ2v) is 3.48. The highest BCUT2D eigenvalue weighted by Gasteiger charge is 2.44. The van der Waals surface area contributed by atoms with E-state index < -0.39 is 0 Å². The number of pyridine rings is 1. The highest BCUT2D eigenvalue weighted by Crippen LogP contribution is 2.47. The molecule has 1 saturated carbocycles. The van der Waals surface area contributed by atoms with Gasteiger partial charge in [-0.3, -0.25) is 9.78 Å². The van der Waals surface area contributed by atoms with E-state index in [-0.39, 0.29) is 11.9 Å². The van der Waals surface area contributed by atoms with E-state index in [9.17, 15) is 4.79 Å². The molecule has 0 aliphatic heterocycles. The maximum Gasteiger partial charge on any atom is 0.309 e. The van der Waals surface area contributed by atoms with E-state index in [1.807, 2.05) is 19.1 Å². The molecule has 0 bridgehead atoms. The van der Waals surface area contributed by atoms with Gasteiger partial charge in [-0.25, -0.2) is 0 Å². The largest absolute Gasteiger partial charge is 0.466 e. The van der Waals surface area contributed by atoms with Crippen molar-refractivity contribution in [3.8, 4) is 0 Å². The second-order valence-electron chi connectivity index (χ2n) is 3.48. The van der Waals surface area contributed by atoms with Crippen LogP contribution in [0.1, 0.15) is 24.8 Å². The van der Waals surface area contributed by atoms with Crippen LogP contribution < -0.4 is 0 Å². The predicted octanol–water partition coefficient (Wildman–Crippen LogP) is 1.75. The lowest BCUT2D eigenvalue weighted by Crippen LogP contribution is -2.07. The molecular formula is C11H13NO2. The zero-order valence-electron chi connectivity index (χ0n) is 8.14. The first kappa shape index (κ1) is 9.19. The van der Waals surface area contributed by atoms with Gasteiger partial charge in [0.25, 0.3) is 0 Å². The number of ether oxygens (including phenoxy) is 1. The Morgan fingerprint density at radius 3 is 2.93 bits per heavy atom. The van der Waals surface area contributed by atoms with Crippen molar-refractivity contribution in [3.63, 3.8) is 0 Å². The van der Waals surface area contributed by atoms with Crippen molar-refractivity contribution in [1.82, 2.24) is 4.98 Å². The Kier molecular flexibility index (Phi) is 2.48. The Bertz CT molecular complexity index is 323. The Morgan fingerprint density at radius 1 is 1.57 bits per heavy atom. The molecule has 1 fully saturated rings. The highest BCUT2D eigenvalue weighted by molar-refractivity contribution is 5.77. The second kappa shape index (κ2) is 3.78. The van der Waals surface area contributed by atoms with Gasteiger partial charge in [0, 0.05) is 12.4 Å². The summed E-state index contributed by atoms with van der Waals surface area (Å²) in [4.78, 5) is 15.3. The lowest BCUT2D eigenvalue weighted by molar-refractivity contribution is -0.144. The minimum absolute atomic E-state index is 0.0608. The normalized spacial score (nSPS) is 24.4. The van der Waals surface area contributed by atoms with Gasteiger partial charge in [0.2, 0.25) is 0 Å². The Balaban J connectivity index is 1.96. The lowest BCUT2D eigenvalue weighted by atomic mass is 10.1. The summed E-state index contributed by atoms with van der Waals surface area (Å²) in [5, 5.41) is 0. The molecule has 74 valence electrons. The smallest absolute Gasteiger partial charge is 0.309 e. The molecule has 1 aromatic heterocycles. The number of rotatable bonds is 3. The molecular weight excluding hydrogens is 178 g/mol. The summed E-state index contributed by atoms with van der Waals surface area (Å²) >= 11 is 0. The van der Waals surface area contributed by atoms with Crippen LogP contribution in [0.2, 0.25) is 0 Å². The third kappa shape index (κ3) is 1.76. The molecule has 0 spiro atoms. The molecule has 0 amide bonds. The van der Waals surface area contributed by atoms with Crippen LogP contribution in [0.5, 0.6) is 0 Å². The monoisotopic (exact) mass is 191 g/mol. The minimum atomic E-state index is -0.0608. The van der Waals surface area contributed by atoms with Gasteiger partial charge in [-0.05, 0) is 37.0 Å². The number of carbonyl (C=O) groups excluding carboxylic acids is 1. The first-order chi connectivity index (χ1) is 6.83.